The average molecular weight is 567 g/mol. The lowest BCUT2D eigenvalue weighted by Gasteiger charge is -2.33. The van der Waals surface area contributed by atoms with E-state index in [0.29, 0.717) is 16.7 Å². The number of amides is 3. The number of hydrogen-bond acceptors (Lipinski definition) is 6. The van der Waals surface area contributed by atoms with Gasteiger partial charge in [0.1, 0.15) is 30.0 Å². The van der Waals surface area contributed by atoms with E-state index in [4.69, 9.17) is 11.2 Å². The molecule has 3 rings (SSSR count). The minimum absolute atomic E-state index is 0.00860. The highest BCUT2D eigenvalue weighted by atomic mass is 16.6. The predicted octanol–water partition coefficient (Wildman–Crippen LogP) is 4.22. The number of hydrogen-bond donors (Lipinski definition) is 3. The third-order valence-electron chi connectivity index (χ3n) is 6.15. The number of alkyl carbamates (subject to hydrolysis) is 1. The van der Waals surface area contributed by atoms with Gasteiger partial charge in [0.15, 0.2) is 0 Å². The Hall–Kier alpha value is -5.28. The zero-order valence-electron chi connectivity index (χ0n) is 23.8. The first-order valence-corrected chi connectivity index (χ1v) is 13.3. The zero-order chi connectivity index (χ0) is 30.7. The highest BCUT2D eigenvalue weighted by Crippen LogP contribution is 2.24. The van der Waals surface area contributed by atoms with E-state index in [0.717, 1.165) is 10.5 Å². The van der Waals surface area contributed by atoms with Crippen LogP contribution >= 0.6 is 0 Å². The summed E-state index contributed by atoms with van der Waals surface area (Å²) in [7, 11) is 0. The van der Waals surface area contributed by atoms with E-state index in [1.165, 1.54) is 12.1 Å². The number of terminal acetylenes is 1. The zero-order valence-corrected chi connectivity index (χ0v) is 23.8. The third-order valence-corrected chi connectivity index (χ3v) is 6.15. The lowest BCUT2D eigenvalue weighted by molar-refractivity contribution is -0.141. The standard InChI is InChI=1S/C33H34N4O5/c1-5-23-11-15-26(16-12-23)29(30(39)35-22-25-9-7-6-8-10-25)37(20-19-34)31(40)28(36-32(41)42-33(2,3)4)21-24-13-17-27(38)18-14-24/h1,6-18,28-29,38H,20-22H2,2-4H3,(H,35,39)(H,36,41). The number of phenolic OH excluding ortho intramolecular Hbond substituents is 1. The molecule has 2 unspecified atom stereocenters. The van der Waals surface area contributed by atoms with E-state index in [1.54, 1.807) is 57.2 Å². The molecule has 0 fully saturated rings. The summed E-state index contributed by atoms with van der Waals surface area (Å²) in [5.41, 5.74) is 1.66. The van der Waals surface area contributed by atoms with Gasteiger partial charge in [-0.05, 0) is 61.7 Å². The van der Waals surface area contributed by atoms with Gasteiger partial charge < -0.3 is 25.4 Å². The van der Waals surface area contributed by atoms with Crippen molar-refractivity contribution in [3.05, 3.63) is 101 Å². The van der Waals surface area contributed by atoms with Gasteiger partial charge in [0.05, 0.1) is 6.07 Å². The number of phenols is 1. The van der Waals surface area contributed by atoms with Crippen molar-refractivity contribution in [1.82, 2.24) is 15.5 Å². The molecule has 3 N–H and O–H groups in total. The molecule has 9 nitrogen and oxygen atoms in total. The molecule has 0 aliphatic carbocycles. The van der Waals surface area contributed by atoms with Crippen LogP contribution in [0.4, 0.5) is 4.79 Å². The molecular formula is C33H34N4O5. The lowest BCUT2D eigenvalue weighted by atomic mass is 9.99. The molecule has 0 aromatic heterocycles. The molecule has 0 aliphatic rings. The Morgan fingerprint density at radius 3 is 2.19 bits per heavy atom. The van der Waals surface area contributed by atoms with Crippen molar-refractivity contribution in [3.8, 4) is 24.2 Å². The summed E-state index contributed by atoms with van der Waals surface area (Å²) in [6.45, 7) is 4.83. The van der Waals surface area contributed by atoms with Gasteiger partial charge in [-0.3, -0.25) is 9.59 Å². The first-order chi connectivity index (χ1) is 20.0. The third kappa shape index (κ3) is 9.14. The second-order valence-electron chi connectivity index (χ2n) is 10.6. The number of rotatable bonds is 10. The Bertz CT molecular complexity index is 1450. The van der Waals surface area contributed by atoms with E-state index in [9.17, 15) is 24.8 Å². The summed E-state index contributed by atoms with van der Waals surface area (Å²) in [5, 5.41) is 24.9. The fourth-order valence-electron chi connectivity index (χ4n) is 4.21. The molecule has 0 heterocycles. The maximum atomic E-state index is 14.2. The number of aromatic hydroxyl groups is 1. The molecule has 0 bridgehead atoms. The van der Waals surface area contributed by atoms with Crippen molar-refractivity contribution >= 4 is 17.9 Å². The molecule has 42 heavy (non-hydrogen) atoms. The van der Waals surface area contributed by atoms with Crippen LogP contribution in [0.5, 0.6) is 5.75 Å². The summed E-state index contributed by atoms with van der Waals surface area (Å²) in [6, 6.07) is 21.6. The fourth-order valence-corrected chi connectivity index (χ4v) is 4.21. The largest absolute Gasteiger partial charge is 0.508 e. The first-order valence-electron chi connectivity index (χ1n) is 13.3. The normalized spacial score (nSPS) is 12.1. The number of benzene rings is 3. The summed E-state index contributed by atoms with van der Waals surface area (Å²) in [5.74, 6) is 1.38. The quantitative estimate of drug-likeness (QED) is 0.249. The van der Waals surface area contributed by atoms with Crippen LogP contribution in [-0.2, 0) is 27.3 Å². The predicted molar refractivity (Wildman–Crippen MR) is 158 cm³/mol. The van der Waals surface area contributed by atoms with Crippen LogP contribution in [0.3, 0.4) is 0 Å². The van der Waals surface area contributed by atoms with Gasteiger partial charge in [0.25, 0.3) is 0 Å². The second kappa shape index (κ2) is 14.4. The van der Waals surface area contributed by atoms with Gasteiger partial charge in [0, 0.05) is 18.5 Å². The highest BCUT2D eigenvalue weighted by Gasteiger charge is 2.36. The molecule has 0 saturated heterocycles. The highest BCUT2D eigenvalue weighted by molar-refractivity contribution is 5.92. The molecule has 0 radical (unpaired) electrons. The number of ether oxygens (including phenoxy) is 1. The molecule has 9 heteroatoms. The Kier molecular flexibility index (Phi) is 10.7. The Morgan fingerprint density at radius 1 is 0.976 bits per heavy atom. The molecule has 0 aliphatic heterocycles. The van der Waals surface area contributed by atoms with Crippen LogP contribution in [-0.4, -0.2) is 46.1 Å². The summed E-state index contributed by atoms with van der Waals surface area (Å²) in [4.78, 5) is 41.8. The van der Waals surface area contributed by atoms with E-state index in [2.05, 4.69) is 16.6 Å². The Balaban J connectivity index is 2.01. The molecule has 2 atom stereocenters. The molecule has 3 aromatic rings. The molecule has 216 valence electrons. The summed E-state index contributed by atoms with van der Waals surface area (Å²) >= 11 is 0. The van der Waals surface area contributed by atoms with Crippen molar-refractivity contribution in [2.75, 3.05) is 6.54 Å². The second-order valence-corrected chi connectivity index (χ2v) is 10.6. The molecule has 0 saturated carbocycles. The van der Waals surface area contributed by atoms with E-state index in [-0.39, 0.29) is 18.7 Å². The maximum Gasteiger partial charge on any atom is 0.408 e. The minimum atomic E-state index is -1.21. The van der Waals surface area contributed by atoms with Crippen LogP contribution < -0.4 is 10.6 Å². The number of carbonyl (C=O) groups is 3. The van der Waals surface area contributed by atoms with Crippen molar-refractivity contribution in [3.63, 3.8) is 0 Å². The van der Waals surface area contributed by atoms with Gasteiger partial charge in [0.2, 0.25) is 11.8 Å². The van der Waals surface area contributed by atoms with Crippen LogP contribution in [0, 0.1) is 23.7 Å². The number of nitrogens with one attached hydrogen (secondary N) is 2. The SMILES string of the molecule is C#Cc1ccc(C(C(=O)NCc2ccccc2)N(CC#N)C(=O)C(Cc2ccc(O)cc2)NC(=O)OC(C)(C)C)cc1. The van der Waals surface area contributed by atoms with Crippen LogP contribution in [0.2, 0.25) is 0 Å². The monoisotopic (exact) mass is 566 g/mol. The van der Waals surface area contributed by atoms with Gasteiger partial charge in [-0.25, -0.2) is 4.79 Å². The van der Waals surface area contributed by atoms with Crippen molar-refractivity contribution < 1.29 is 24.2 Å². The van der Waals surface area contributed by atoms with Crippen LogP contribution in [0.15, 0.2) is 78.9 Å². The molecule has 0 spiro atoms. The van der Waals surface area contributed by atoms with Gasteiger partial charge in [-0.1, -0.05) is 60.5 Å². The molecule has 3 amide bonds. The topological polar surface area (TPSA) is 132 Å². The average Bonchev–Trinajstić information content (AvgIpc) is 2.96. The number of nitrogens with zero attached hydrogens (tertiary/aromatic N) is 2. The lowest BCUT2D eigenvalue weighted by Crippen LogP contribution is -2.53. The van der Waals surface area contributed by atoms with Crippen molar-refractivity contribution in [1.29, 1.82) is 5.26 Å². The van der Waals surface area contributed by atoms with Gasteiger partial charge in [-0.15, -0.1) is 6.42 Å². The smallest absolute Gasteiger partial charge is 0.408 e. The van der Waals surface area contributed by atoms with Gasteiger partial charge >= 0.3 is 6.09 Å². The summed E-state index contributed by atoms with van der Waals surface area (Å²) < 4.78 is 5.40. The van der Waals surface area contributed by atoms with E-state index < -0.39 is 42.1 Å². The molecule has 3 aromatic carbocycles. The van der Waals surface area contributed by atoms with E-state index in [1.807, 2.05) is 36.4 Å². The summed E-state index contributed by atoms with van der Waals surface area (Å²) in [6.07, 6.45) is 4.69. The fraction of sp³-hybridized carbons (Fsp3) is 0.273. The van der Waals surface area contributed by atoms with Crippen LogP contribution in [0.25, 0.3) is 0 Å². The van der Waals surface area contributed by atoms with Crippen molar-refractivity contribution in [2.24, 2.45) is 0 Å². The maximum absolute atomic E-state index is 14.2. The minimum Gasteiger partial charge on any atom is -0.508 e. The van der Waals surface area contributed by atoms with E-state index >= 15 is 0 Å². The molecular weight excluding hydrogens is 532 g/mol. The van der Waals surface area contributed by atoms with Crippen LogP contribution in [0.1, 0.15) is 49.1 Å². The Morgan fingerprint density at radius 2 is 1.62 bits per heavy atom. The Labute approximate surface area is 246 Å². The van der Waals surface area contributed by atoms with Crippen molar-refractivity contribution in [2.45, 2.75) is 51.4 Å². The number of nitriles is 1. The number of carbonyl (C=O) groups excluding carboxylic acids is 3. The van der Waals surface area contributed by atoms with Gasteiger partial charge in [-0.2, -0.15) is 5.26 Å². The first kappa shape index (κ1) is 31.3.